The highest BCUT2D eigenvalue weighted by atomic mass is 16.5. The molecule has 0 saturated carbocycles. The summed E-state index contributed by atoms with van der Waals surface area (Å²) in [4.78, 5) is 24.5. The largest absolute Gasteiger partial charge is 0.482 e. The summed E-state index contributed by atoms with van der Waals surface area (Å²) >= 11 is 0. The Bertz CT molecular complexity index is 530. The fourth-order valence-corrected chi connectivity index (χ4v) is 2.04. The number of fused-ring (bicyclic) bond motifs is 1. The minimum absolute atomic E-state index is 0.0140. The highest BCUT2D eigenvalue weighted by molar-refractivity contribution is 5.97. The van der Waals surface area contributed by atoms with E-state index in [1.54, 1.807) is 37.1 Å². The van der Waals surface area contributed by atoms with Crippen molar-refractivity contribution in [2.45, 2.75) is 19.4 Å². The van der Waals surface area contributed by atoms with Gasteiger partial charge in [0, 0.05) is 13.1 Å². The predicted molar refractivity (Wildman–Crippen MR) is 73.5 cm³/mol. The van der Waals surface area contributed by atoms with Crippen LogP contribution in [0.15, 0.2) is 18.2 Å². The first kappa shape index (κ1) is 14.3. The zero-order valence-electron chi connectivity index (χ0n) is 11.6. The van der Waals surface area contributed by atoms with Crippen LogP contribution in [0, 0.1) is 0 Å². The second-order valence-electron chi connectivity index (χ2n) is 4.58. The van der Waals surface area contributed by atoms with Crippen LogP contribution in [0.25, 0.3) is 0 Å². The molecule has 1 amide bonds. The van der Waals surface area contributed by atoms with Crippen LogP contribution in [0.4, 0.5) is 5.69 Å². The van der Waals surface area contributed by atoms with E-state index >= 15 is 0 Å². The molecule has 0 radical (unpaired) electrons. The molecule has 108 valence electrons. The fraction of sp³-hybridized carbons (Fsp3) is 0.429. The third kappa shape index (κ3) is 2.91. The molecule has 1 aliphatic rings. The lowest BCUT2D eigenvalue weighted by Gasteiger charge is -2.26. The van der Waals surface area contributed by atoms with Gasteiger partial charge in [-0.3, -0.25) is 9.59 Å². The second kappa shape index (κ2) is 5.92. The summed E-state index contributed by atoms with van der Waals surface area (Å²) in [5.41, 5.74) is 7.46. The van der Waals surface area contributed by atoms with E-state index in [9.17, 15) is 9.59 Å². The van der Waals surface area contributed by atoms with Gasteiger partial charge in [-0.2, -0.15) is 0 Å². The van der Waals surface area contributed by atoms with E-state index in [1.807, 2.05) is 0 Å². The van der Waals surface area contributed by atoms with Crippen molar-refractivity contribution in [1.82, 2.24) is 0 Å². The Labute approximate surface area is 117 Å². The molecule has 1 atom stereocenters. The summed E-state index contributed by atoms with van der Waals surface area (Å²) in [6.07, 6.45) is 0.112. The van der Waals surface area contributed by atoms with Gasteiger partial charge in [0.25, 0.3) is 5.91 Å². The summed E-state index contributed by atoms with van der Waals surface area (Å²) in [5.74, 6) is 0.177. The standard InChI is InChI=1S/C14H18N2O4/c1-3-19-14(18)7-10(15)9-4-5-11-12(6-9)20-8-13(17)16(11)2/h4-6,10H,3,7-8,15H2,1-2H3/t10-/m0/s1. The zero-order chi connectivity index (χ0) is 14.7. The van der Waals surface area contributed by atoms with Crippen molar-refractivity contribution >= 4 is 17.6 Å². The molecule has 1 heterocycles. The van der Waals surface area contributed by atoms with Crippen LogP contribution in [0.1, 0.15) is 24.9 Å². The minimum Gasteiger partial charge on any atom is -0.482 e. The van der Waals surface area contributed by atoms with Gasteiger partial charge >= 0.3 is 5.97 Å². The summed E-state index contributed by atoms with van der Waals surface area (Å²) in [7, 11) is 1.70. The number of carbonyl (C=O) groups is 2. The molecule has 1 aliphatic heterocycles. The number of amides is 1. The molecule has 6 nitrogen and oxygen atoms in total. The molecule has 20 heavy (non-hydrogen) atoms. The number of ether oxygens (including phenoxy) is 2. The maximum Gasteiger partial charge on any atom is 0.307 e. The molecule has 0 spiro atoms. The molecule has 0 saturated heterocycles. The van der Waals surface area contributed by atoms with Crippen molar-refractivity contribution in [3.05, 3.63) is 23.8 Å². The van der Waals surface area contributed by atoms with Crippen LogP contribution < -0.4 is 15.4 Å². The van der Waals surface area contributed by atoms with Gasteiger partial charge in [-0.05, 0) is 24.6 Å². The minimum atomic E-state index is -0.453. The van der Waals surface area contributed by atoms with Crippen LogP contribution in [-0.2, 0) is 14.3 Å². The maximum absolute atomic E-state index is 11.5. The lowest BCUT2D eigenvalue weighted by molar-refractivity contribution is -0.143. The maximum atomic E-state index is 11.5. The number of nitrogens with two attached hydrogens (primary N) is 1. The molecule has 2 N–H and O–H groups in total. The number of rotatable bonds is 4. The molecule has 6 heteroatoms. The molecular weight excluding hydrogens is 260 g/mol. The van der Waals surface area contributed by atoms with E-state index in [-0.39, 0.29) is 24.9 Å². The second-order valence-corrected chi connectivity index (χ2v) is 4.58. The summed E-state index contributed by atoms with van der Waals surface area (Å²) in [5, 5.41) is 0. The summed E-state index contributed by atoms with van der Waals surface area (Å²) in [6, 6.07) is 4.88. The SMILES string of the molecule is CCOC(=O)C[C@H](N)c1ccc2c(c1)OCC(=O)N2C. The van der Waals surface area contributed by atoms with E-state index < -0.39 is 6.04 Å². The molecule has 0 aromatic heterocycles. The Morgan fingerprint density at radius 1 is 1.55 bits per heavy atom. The number of hydrogen-bond acceptors (Lipinski definition) is 5. The van der Waals surface area contributed by atoms with E-state index in [4.69, 9.17) is 15.2 Å². The Kier molecular flexibility index (Phi) is 4.24. The van der Waals surface area contributed by atoms with Crippen LogP contribution >= 0.6 is 0 Å². The van der Waals surface area contributed by atoms with Crippen molar-refractivity contribution in [3.8, 4) is 5.75 Å². The van der Waals surface area contributed by atoms with Gasteiger partial charge in [0.2, 0.25) is 0 Å². The first-order valence-corrected chi connectivity index (χ1v) is 6.47. The number of likely N-dealkylation sites (N-methyl/N-ethyl adjacent to an activating group) is 1. The van der Waals surface area contributed by atoms with Crippen LogP contribution in [0.2, 0.25) is 0 Å². The monoisotopic (exact) mass is 278 g/mol. The van der Waals surface area contributed by atoms with Gasteiger partial charge in [0.1, 0.15) is 5.75 Å². The van der Waals surface area contributed by atoms with E-state index in [0.29, 0.717) is 18.0 Å². The average molecular weight is 278 g/mol. The van der Waals surface area contributed by atoms with E-state index in [1.165, 1.54) is 0 Å². The van der Waals surface area contributed by atoms with Gasteiger partial charge in [0.05, 0.1) is 18.7 Å². The topological polar surface area (TPSA) is 81.9 Å². The van der Waals surface area contributed by atoms with Gasteiger partial charge in [-0.15, -0.1) is 0 Å². The van der Waals surface area contributed by atoms with Gasteiger partial charge in [-0.25, -0.2) is 0 Å². The normalized spacial score (nSPS) is 15.3. The van der Waals surface area contributed by atoms with E-state index in [2.05, 4.69) is 0 Å². The summed E-state index contributed by atoms with van der Waals surface area (Å²) < 4.78 is 10.3. The van der Waals surface area contributed by atoms with Crippen molar-refractivity contribution in [1.29, 1.82) is 0 Å². The lowest BCUT2D eigenvalue weighted by atomic mass is 10.0. The number of esters is 1. The Morgan fingerprint density at radius 2 is 2.30 bits per heavy atom. The number of nitrogens with zero attached hydrogens (tertiary/aromatic N) is 1. The quantitative estimate of drug-likeness (QED) is 0.831. The molecule has 0 aliphatic carbocycles. The Hall–Kier alpha value is -2.08. The fourth-order valence-electron chi connectivity index (χ4n) is 2.04. The first-order chi connectivity index (χ1) is 9.52. The van der Waals surface area contributed by atoms with Crippen LogP contribution in [-0.4, -0.2) is 32.1 Å². The predicted octanol–water partition coefficient (Wildman–Crippen LogP) is 0.995. The lowest BCUT2D eigenvalue weighted by Crippen LogP contribution is -2.35. The van der Waals surface area contributed by atoms with Gasteiger partial charge in [0.15, 0.2) is 6.61 Å². The van der Waals surface area contributed by atoms with Crippen molar-refractivity contribution in [2.75, 3.05) is 25.2 Å². The Morgan fingerprint density at radius 3 is 3.00 bits per heavy atom. The first-order valence-electron chi connectivity index (χ1n) is 6.47. The highest BCUT2D eigenvalue weighted by Crippen LogP contribution is 2.33. The third-order valence-corrected chi connectivity index (χ3v) is 3.19. The zero-order valence-corrected chi connectivity index (χ0v) is 11.6. The van der Waals surface area contributed by atoms with Crippen LogP contribution in [0.5, 0.6) is 5.75 Å². The molecule has 1 aromatic carbocycles. The average Bonchev–Trinajstić information content (AvgIpc) is 2.43. The third-order valence-electron chi connectivity index (χ3n) is 3.19. The smallest absolute Gasteiger partial charge is 0.307 e. The van der Waals surface area contributed by atoms with E-state index in [0.717, 1.165) is 5.56 Å². The summed E-state index contributed by atoms with van der Waals surface area (Å²) in [6.45, 7) is 2.11. The van der Waals surface area contributed by atoms with Crippen LogP contribution in [0.3, 0.4) is 0 Å². The molecule has 2 rings (SSSR count). The van der Waals surface area contributed by atoms with Gasteiger partial charge < -0.3 is 20.1 Å². The molecule has 0 bridgehead atoms. The number of carbonyl (C=O) groups excluding carboxylic acids is 2. The van der Waals surface area contributed by atoms with Crippen molar-refractivity contribution in [3.63, 3.8) is 0 Å². The molecule has 1 aromatic rings. The number of benzene rings is 1. The van der Waals surface area contributed by atoms with Gasteiger partial charge in [-0.1, -0.05) is 6.07 Å². The Balaban J connectivity index is 2.15. The van der Waals surface area contributed by atoms with Crippen molar-refractivity contribution < 1.29 is 19.1 Å². The van der Waals surface area contributed by atoms with Crippen molar-refractivity contribution in [2.24, 2.45) is 5.73 Å². The molecule has 0 fully saturated rings. The number of hydrogen-bond donors (Lipinski definition) is 1. The molecular formula is C14H18N2O4. The molecule has 0 unspecified atom stereocenters. The number of anilines is 1. The highest BCUT2D eigenvalue weighted by Gasteiger charge is 2.23.